The van der Waals surface area contributed by atoms with Crippen LogP contribution in [0.15, 0.2) is 60.2 Å². The zero-order valence-electron chi connectivity index (χ0n) is 18.3. The van der Waals surface area contributed by atoms with Gasteiger partial charge in [-0.2, -0.15) is 0 Å². The number of likely N-dealkylation sites (tertiary alicyclic amines) is 1. The number of hydrogen-bond donors (Lipinski definition) is 1. The van der Waals surface area contributed by atoms with Crippen LogP contribution in [0.1, 0.15) is 36.9 Å². The number of aliphatic hydroxyl groups is 1. The summed E-state index contributed by atoms with van der Waals surface area (Å²) in [6.07, 6.45) is 1.59. The smallest absolute Gasteiger partial charge is 0.295 e. The Balaban J connectivity index is 1.97. The lowest BCUT2D eigenvalue weighted by Crippen LogP contribution is -2.30. The maximum atomic E-state index is 13.2. The second kappa shape index (κ2) is 9.46. The first-order valence-corrected chi connectivity index (χ1v) is 11.4. The average molecular weight is 484 g/mol. The molecule has 0 aromatic heterocycles. The second-order valence-corrected chi connectivity index (χ2v) is 8.70. The number of ketones is 1. The fourth-order valence-electron chi connectivity index (χ4n) is 4.30. The zero-order chi connectivity index (χ0) is 23.7. The van der Waals surface area contributed by atoms with Crippen molar-refractivity contribution in [3.63, 3.8) is 0 Å². The Bertz CT molecular complexity index is 1260. The van der Waals surface area contributed by atoms with E-state index in [1.807, 2.05) is 49.4 Å². The molecular weight excluding hydrogens is 461 g/mol. The highest BCUT2D eigenvalue weighted by molar-refractivity contribution is 6.47. The molecule has 0 bridgehead atoms. The number of Topliss-reactive ketones (excluding diaryl/α,β-unsaturated/α-hetero) is 1. The number of nitrogens with zero attached hydrogens (tertiary/aromatic N) is 1. The lowest BCUT2D eigenvalue weighted by molar-refractivity contribution is -0.139. The minimum absolute atomic E-state index is 0.0183. The van der Waals surface area contributed by atoms with Gasteiger partial charge in [0.25, 0.3) is 11.7 Å². The molecule has 1 aliphatic rings. The Kier molecular flexibility index (Phi) is 6.63. The molecule has 3 aromatic rings. The number of benzene rings is 3. The second-order valence-electron chi connectivity index (χ2n) is 7.89. The molecule has 1 unspecified atom stereocenters. The molecule has 0 saturated carbocycles. The van der Waals surface area contributed by atoms with Crippen LogP contribution in [0, 0.1) is 0 Å². The van der Waals surface area contributed by atoms with Crippen LogP contribution in [0.4, 0.5) is 0 Å². The first-order chi connectivity index (χ1) is 15.9. The Hall–Kier alpha value is -3.02. The number of hydrogen-bond acceptors (Lipinski definition) is 4. The number of aliphatic hydroxyl groups excluding tert-OH is 1. The van der Waals surface area contributed by atoms with Crippen LogP contribution in [0.2, 0.25) is 10.0 Å². The standard InChI is InChI=1S/C26H23Cl2NO4/c1-3-4-12-29-22(18-11-7-9-15-8-5-6-10-17(15)18)21(24(31)26(29)32)23(30)16-13-19(27)25(33-2)20(28)14-16/h5-11,13-14,22,30H,3-4,12H2,1-2H3/b23-21+. The van der Waals surface area contributed by atoms with E-state index in [0.29, 0.717) is 6.54 Å². The van der Waals surface area contributed by atoms with Gasteiger partial charge in [0.05, 0.1) is 28.8 Å². The molecule has 1 N–H and O–H groups in total. The summed E-state index contributed by atoms with van der Waals surface area (Å²) >= 11 is 12.5. The summed E-state index contributed by atoms with van der Waals surface area (Å²) in [5.74, 6) is -1.42. The van der Waals surface area contributed by atoms with Crippen LogP contribution in [-0.4, -0.2) is 35.4 Å². The van der Waals surface area contributed by atoms with Crippen LogP contribution in [0.5, 0.6) is 5.75 Å². The number of carbonyl (C=O) groups excluding carboxylic acids is 2. The summed E-state index contributed by atoms with van der Waals surface area (Å²) in [4.78, 5) is 27.8. The van der Waals surface area contributed by atoms with Crippen LogP contribution in [-0.2, 0) is 9.59 Å². The quantitative estimate of drug-likeness (QED) is 0.251. The summed E-state index contributed by atoms with van der Waals surface area (Å²) in [7, 11) is 1.44. The van der Waals surface area contributed by atoms with E-state index in [1.54, 1.807) is 4.90 Å². The average Bonchev–Trinajstić information content (AvgIpc) is 3.06. The highest BCUT2D eigenvalue weighted by Gasteiger charge is 2.46. The summed E-state index contributed by atoms with van der Waals surface area (Å²) in [5, 5.41) is 13.6. The maximum Gasteiger partial charge on any atom is 0.295 e. The van der Waals surface area contributed by atoms with Gasteiger partial charge in [-0.1, -0.05) is 79.0 Å². The van der Waals surface area contributed by atoms with Crippen molar-refractivity contribution >= 4 is 51.4 Å². The van der Waals surface area contributed by atoms with Gasteiger partial charge in [-0.05, 0) is 34.9 Å². The normalized spacial score (nSPS) is 17.7. The zero-order valence-corrected chi connectivity index (χ0v) is 19.8. The molecule has 1 atom stereocenters. The van der Waals surface area contributed by atoms with Gasteiger partial charge >= 0.3 is 0 Å². The predicted molar refractivity (Wildman–Crippen MR) is 131 cm³/mol. The molecule has 1 amide bonds. The first kappa shape index (κ1) is 23.1. The van der Waals surface area contributed by atoms with Crippen molar-refractivity contribution in [2.75, 3.05) is 13.7 Å². The molecule has 0 aliphatic carbocycles. The molecule has 5 nitrogen and oxygen atoms in total. The molecule has 3 aromatic carbocycles. The SMILES string of the molecule is CCCCN1C(=O)C(=O)/C(=C(/O)c2cc(Cl)c(OC)c(Cl)c2)C1c1cccc2ccccc12. The van der Waals surface area contributed by atoms with E-state index < -0.39 is 17.7 Å². The van der Waals surface area contributed by atoms with E-state index in [4.69, 9.17) is 27.9 Å². The van der Waals surface area contributed by atoms with Crippen LogP contribution in [0.3, 0.4) is 0 Å². The number of halogens is 2. The van der Waals surface area contributed by atoms with Crippen LogP contribution >= 0.6 is 23.2 Å². The Morgan fingerprint density at radius 1 is 1.06 bits per heavy atom. The summed E-state index contributed by atoms with van der Waals surface area (Å²) < 4.78 is 5.18. The van der Waals surface area contributed by atoms with E-state index in [-0.39, 0.29) is 32.7 Å². The van der Waals surface area contributed by atoms with Gasteiger partial charge in [0.2, 0.25) is 0 Å². The third-order valence-electron chi connectivity index (χ3n) is 5.89. The number of fused-ring (bicyclic) bond motifs is 1. The molecule has 1 saturated heterocycles. The number of methoxy groups -OCH3 is 1. The van der Waals surface area contributed by atoms with Gasteiger partial charge in [0.1, 0.15) is 5.76 Å². The molecule has 1 aliphatic heterocycles. The molecule has 170 valence electrons. The van der Waals surface area contributed by atoms with Gasteiger partial charge in [0.15, 0.2) is 5.75 Å². The largest absolute Gasteiger partial charge is 0.507 e. The third kappa shape index (κ3) is 4.07. The highest BCUT2D eigenvalue weighted by Crippen LogP contribution is 2.43. The molecule has 0 spiro atoms. The number of carbonyl (C=O) groups is 2. The fraction of sp³-hybridized carbons (Fsp3) is 0.231. The van der Waals surface area contributed by atoms with E-state index in [2.05, 4.69) is 0 Å². The van der Waals surface area contributed by atoms with Gasteiger partial charge in [0, 0.05) is 12.1 Å². The van der Waals surface area contributed by atoms with E-state index in [9.17, 15) is 14.7 Å². The molecule has 7 heteroatoms. The molecular formula is C26H23Cl2NO4. The fourth-order valence-corrected chi connectivity index (χ4v) is 4.94. The summed E-state index contributed by atoms with van der Waals surface area (Å²) in [6, 6.07) is 15.7. The van der Waals surface area contributed by atoms with Crippen LogP contribution in [0.25, 0.3) is 16.5 Å². The van der Waals surface area contributed by atoms with Crippen LogP contribution < -0.4 is 4.74 Å². The van der Waals surface area contributed by atoms with Gasteiger partial charge in [-0.15, -0.1) is 0 Å². The maximum absolute atomic E-state index is 13.2. The third-order valence-corrected chi connectivity index (χ3v) is 6.45. The Labute approximate surface area is 202 Å². The van der Waals surface area contributed by atoms with E-state index in [0.717, 1.165) is 29.2 Å². The number of ether oxygens (including phenoxy) is 1. The van der Waals surface area contributed by atoms with Crippen molar-refractivity contribution in [2.45, 2.75) is 25.8 Å². The van der Waals surface area contributed by atoms with Crippen molar-refractivity contribution in [2.24, 2.45) is 0 Å². The molecule has 1 fully saturated rings. The Morgan fingerprint density at radius 3 is 2.39 bits per heavy atom. The van der Waals surface area contributed by atoms with Crippen molar-refractivity contribution in [3.05, 3.63) is 81.3 Å². The topological polar surface area (TPSA) is 66.8 Å². The number of rotatable bonds is 6. The number of unbranched alkanes of at least 4 members (excludes halogenated alkanes) is 1. The molecule has 4 rings (SSSR count). The minimum atomic E-state index is -0.734. The van der Waals surface area contributed by atoms with Gasteiger partial charge in [-0.3, -0.25) is 9.59 Å². The lowest BCUT2D eigenvalue weighted by atomic mass is 9.91. The monoisotopic (exact) mass is 483 g/mol. The minimum Gasteiger partial charge on any atom is -0.507 e. The molecule has 0 radical (unpaired) electrons. The lowest BCUT2D eigenvalue weighted by Gasteiger charge is -2.26. The van der Waals surface area contributed by atoms with Crippen molar-refractivity contribution in [1.29, 1.82) is 0 Å². The summed E-state index contributed by atoms with van der Waals surface area (Å²) in [6.45, 7) is 2.42. The summed E-state index contributed by atoms with van der Waals surface area (Å²) in [5.41, 5.74) is 1.03. The van der Waals surface area contributed by atoms with E-state index >= 15 is 0 Å². The molecule has 1 heterocycles. The van der Waals surface area contributed by atoms with Crippen molar-refractivity contribution in [3.8, 4) is 5.75 Å². The van der Waals surface area contributed by atoms with Crippen molar-refractivity contribution < 1.29 is 19.4 Å². The van der Waals surface area contributed by atoms with E-state index in [1.165, 1.54) is 19.2 Å². The number of amides is 1. The predicted octanol–water partition coefficient (Wildman–Crippen LogP) is 6.38. The molecule has 33 heavy (non-hydrogen) atoms. The first-order valence-electron chi connectivity index (χ1n) is 10.7. The Morgan fingerprint density at radius 2 is 1.73 bits per heavy atom. The van der Waals surface area contributed by atoms with Crippen molar-refractivity contribution in [1.82, 2.24) is 4.90 Å². The van der Waals surface area contributed by atoms with Gasteiger partial charge < -0.3 is 14.7 Å². The van der Waals surface area contributed by atoms with Gasteiger partial charge in [-0.25, -0.2) is 0 Å². The highest BCUT2D eigenvalue weighted by atomic mass is 35.5.